The molecule has 0 rings (SSSR count). The van der Waals surface area contributed by atoms with E-state index in [1.54, 1.807) is 6.08 Å². The van der Waals surface area contributed by atoms with Crippen LogP contribution in [0.5, 0.6) is 0 Å². The van der Waals surface area contributed by atoms with E-state index < -0.39 is 6.67 Å². The molecule has 0 aromatic rings. The summed E-state index contributed by atoms with van der Waals surface area (Å²) in [6, 6.07) is 0. The molecule has 0 bridgehead atoms. The fourth-order valence-corrected chi connectivity index (χ4v) is 1.98. The van der Waals surface area contributed by atoms with Crippen LogP contribution in [-0.2, 0) is 42.6 Å². The maximum atomic E-state index is 11.8. The van der Waals surface area contributed by atoms with Crippen LogP contribution in [0.2, 0.25) is 0 Å². The van der Waals surface area contributed by atoms with Crippen molar-refractivity contribution in [2.75, 3.05) is 126 Å². The summed E-state index contributed by atoms with van der Waals surface area (Å²) < 4.78 is 59.4. The predicted molar refractivity (Wildman–Crippen MR) is 114 cm³/mol. The molecule has 0 aliphatic rings. The van der Waals surface area contributed by atoms with Crippen molar-refractivity contribution in [3.05, 3.63) is 12.7 Å². The fraction of sp³-hybridized carbons (Fsp3) is 0.905. The van der Waals surface area contributed by atoms with Crippen molar-refractivity contribution in [3.63, 3.8) is 0 Å². The number of hydrogen-bond acceptors (Lipinski definition) is 9. The van der Waals surface area contributed by atoms with Crippen molar-refractivity contribution < 1.29 is 47.0 Å². The van der Waals surface area contributed by atoms with Crippen molar-refractivity contribution in [1.29, 1.82) is 0 Å². The van der Waals surface area contributed by atoms with E-state index in [-0.39, 0.29) is 6.61 Å². The zero-order chi connectivity index (χ0) is 22.5. The number of halogens is 1. The average molecular weight is 457 g/mol. The van der Waals surface area contributed by atoms with E-state index in [0.717, 1.165) is 0 Å². The molecule has 9 nitrogen and oxygen atoms in total. The Hall–Kier alpha value is -0.690. The van der Waals surface area contributed by atoms with Gasteiger partial charge >= 0.3 is 0 Å². The van der Waals surface area contributed by atoms with E-state index in [9.17, 15) is 4.39 Å². The fourth-order valence-electron chi connectivity index (χ4n) is 1.98. The molecule has 0 heterocycles. The minimum atomic E-state index is -0.469. The van der Waals surface area contributed by atoms with Gasteiger partial charge in [-0.3, -0.25) is 0 Å². The third-order valence-electron chi connectivity index (χ3n) is 3.43. The molecule has 10 heteroatoms. The van der Waals surface area contributed by atoms with Gasteiger partial charge in [-0.15, -0.1) is 6.58 Å². The highest BCUT2D eigenvalue weighted by atomic mass is 19.1. The smallest absolute Gasteiger partial charge is 0.113 e. The SMILES string of the molecule is C=CCOCCOCCOCCOCCOCCOCCOCCOCCOCCF. The molecule has 31 heavy (non-hydrogen) atoms. The van der Waals surface area contributed by atoms with Crippen molar-refractivity contribution in [3.8, 4) is 0 Å². The summed E-state index contributed by atoms with van der Waals surface area (Å²) in [5.41, 5.74) is 0. The maximum Gasteiger partial charge on any atom is 0.113 e. The molecule has 0 spiro atoms. The summed E-state index contributed by atoms with van der Waals surface area (Å²) in [7, 11) is 0. The normalized spacial score (nSPS) is 11.3. The van der Waals surface area contributed by atoms with Crippen LogP contribution in [0.15, 0.2) is 12.7 Å². The second-order valence-electron chi connectivity index (χ2n) is 5.95. The second-order valence-corrected chi connectivity index (χ2v) is 5.95. The monoisotopic (exact) mass is 456 g/mol. The van der Waals surface area contributed by atoms with Crippen LogP contribution in [0, 0.1) is 0 Å². The molecule has 0 atom stereocenters. The topological polar surface area (TPSA) is 83.1 Å². The first kappa shape index (κ1) is 30.3. The van der Waals surface area contributed by atoms with Crippen LogP contribution in [0.25, 0.3) is 0 Å². The molecule has 0 aromatic heterocycles. The second kappa shape index (κ2) is 29.3. The molecule has 0 fully saturated rings. The van der Waals surface area contributed by atoms with Gasteiger partial charge in [0.15, 0.2) is 0 Å². The Morgan fingerprint density at radius 3 is 0.839 bits per heavy atom. The Balaban J connectivity index is 2.98. The van der Waals surface area contributed by atoms with Crippen molar-refractivity contribution in [1.82, 2.24) is 0 Å². The van der Waals surface area contributed by atoms with Gasteiger partial charge in [0.1, 0.15) is 6.67 Å². The molecule has 186 valence electrons. The summed E-state index contributed by atoms with van der Waals surface area (Å²) in [5, 5.41) is 0. The van der Waals surface area contributed by atoms with Gasteiger partial charge < -0.3 is 42.6 Å². The molecule has 0 saturated heterocycles. The average Bonchev–Trinajstić information content (AvgIpc) is 2.78. The summed E-state index contributed by atoms with van der Waals surface area (Å²) >= 11 is 0. The van der Waals surface area contributed by atoms with Crippen LogP contribution in [0.3, 0.4) is 0 Å². The molecule has 0 aliphatic carbocycles. The predicted octanol–water partition coefficient (Wildman–Crippen LogP) is 1.29. The van der Waals surface area contributed by atoms with Gasteiger partial charge in [0.2, 0.25) is 0 Å². The first-order valence-corrected chi connectivity index (χ1v) is 10.8. The minimum absolute atomic E-state index is 0.119. The molecule has 0 amide bonds. The number of ether oxygens (including phenoxy) is 9. The summed E-state index contributed by atoms with van der Waals surface area (Å²) in [4.78, 5) is 0. The Bertz CT molecular complexity index is 338. The maximum absolute atomic E-state index is 11.8. The quantitative estimate of drug-likeness (QED) is 0.128. The standard InChI is InChI=1S/C21H41FO9/c1-2-4-23-6-8-25-10-12-27-14-16-29-18-20-31-21-19-30-17-15-28-13-11-26-9-7-24-5-3-22/h2H,1,3-21H2. The number of alkyl halides is 1. The van der Waals surface area contributed by atoms with Crippen LogP contribution in [-0.4, -0.2) is 126 Å². The lowest BCUT2D eigenvalue weighted by Crippen LogP contribution is -2.15. The van der Waals surface area contributed by atoms with E-state index in [1.807, 2.05) is 0 Å². The van der Waals surface area contributed by atoms with Crippen molar-refractivity contribution >= 4 is 0 Å². The highest BCUT2D eigenvalue weighted by molar-refractivity contribution is 4.63. The number of hydrogen-bond donors (Lipinski definition) is 0. The summed E-state index contributed by atoms with van der Waals surface area (Å²) in [6.07, 6.45) is 1.71. The Kier molecular flexibility index (Phi) is 28.7. The van der Waals surface area contributed by atoms with E-state index in [4.69, 9.17) is 42.6 Å². The van der Waals surface area contributed by atoms with E-state index in [2.05, 4.69) is 6.58 Å². The first-order valence-electron chi connectivity index (χ1n) is 10.8. The Labute approximate surface area is 186 Å². The summed E-state index contributed by atoms with van der Waals surface area (Å²) in [6.45, 7) is 11.8. The van der Waals surface area contributed by atoms with Crippen LogP contribution >= 0.6 is 0 Å². The van der Waals surface area contributed by atoms with Crippen LogP contribution in [0.1, 0.15) is 0 Å². The lowest BCUT2D eigenvalue weighted by atomic mass is 10.6. The van der Waals surface area contributed by atoms with Crippen LogP contribution < -0.4 is 0 Å². The first-order chi connectivity index (χ1) is 15.4. The third-order valence-corrected chi connectivity index (χ3v) is 3.43. The lowest BCUT2D eigenvalue weighted by molar-refractivity contribution is -0.0247. The molecule has 0 N–H and O–H groups in total. The molecule has 0 aliphatic heterocycles. The van der Waals surface area contributed by atoms with Gasteiger partial charge in [-0.05, 0) is 0 Å². The summed E-state index contributed by atoms with van der Waals surface area (Å²) in [5.74, 6) is 0. The lowest BCUT2D eigenvalue weighted by Gasteiger charge is -2.08. The zero-order valence-electron chi connectivity index (χ0n) is 18.8. The number of rotatable bonds is 28. The highest BCUT2D eigenvalue weighted by Gasteiger charge is 1.95. The van der Waals surface area contributed by atoms with Gasteiger partial charge in [0, 0.05) is 0 Å². The van der Waals surface area contributed by atoms with Crippen molar-refractivity contribution in [2.24, 2.45) is 0 Å². The third kappa shape index (κ3) is 29.3. The molecule has 0 saturated carbocycles. The largest absolute Gasteiger partial charge is 0.377 e. The zero-order valence-corrected chi connectivity index (χ0v) is 18.8. The van der Waals surface area contributed by atoms with Crippen molar-refractivity contribution in [2.45, 2.75) is 0 Å². The van der Waals surface area contributed by atoms with Crippen LogP contribution in [0.4, 0.5) is 4.39 Å². The molecule has 0 unspecified atom stereocenters. The van der Waals surface area contributed by atoms with E-state index >= 15 is 0 Å². The molecule has 0 radical (unpaired) electrons. The molecular weight excluding hydrogens is 415 g/mol. The minimum Gasteiger partial charge on any atom is -0.377 e. The molecule has 0 aromatic carbocycles. The Morgan fingerprint density at radius 1 is 0.387 bits per heavy atom. The molecular formula is C21H41FO9. The Morgan fingerprint density at radius 2 is 0.613 bits per heavy atom. The van der Waals surface area contributed by atoms with Gasteiger partial charge in [-0.25, -0.2) is 4.39 Å². The van der Waals surface area contributed by atoms with Gasteiger partial charge in [-0.2, -0.15) is 0 Å². The van der Waals surface area contributed by atoms with Gasteiger partial charge in [0.25, 0.3) is 0 Å². The van der Waals surface area contributed by atoms with Gasteiger partial charge in [0.05, 0.1) is 119 Å². The van der Waals surface area contributed by atoms with E-state index in [0.29, 0.717) is 112 Å². The highest BCUT2D eigenvalue weighted by Crippen LogP contribution is 1.86. The van der Waals surface area contributed by atoms with E-state index in [1.165, 1.54) is 0 Å². The van der Waals surface area contributed by atoms with Gasteiger partial charge in [-0.1, -0.05) is 6.08 Å².